The molecule has 1 heterocycles. The van der Waals surface area contributed by atoms with Crippen molar-refractivity contribution in [3.8, 4) is 0 Å². The van der Waals surface area contributed by atoms with Crippen LogP contribution in [0, 0.1) is 11.7 Å². The Labute approximate surface area is 141 Å². The summed E-state index contributed by atoms with van der Waals surface area (Å²) in [7, 11) is -1.41. The zero-order valence-corrected chi connectivity index (χ0v) is 14.3. The molecule has 0 aliphatic carbocycles. The molecule has 8 heteroatoms. The third kappa shape index (κ3) is 3.88. The van der Waals surface area contributed by atoms with E-state index in [2.05, 4.69) is 0 Å². The summed E-state index contributed by atoms with van der Waals surface area (Å²) in [5.41, 5.74) is -0.330. The van der Waals surface area contributed by atoms with Crippen molar-refractivity contribution >= 4 is 24.4 Å². The van der Waals surface area contributed by atoms with Crippen LogP contribution in [0.1, 0.15) is 27.7 Å². The lowest BCUT2D eigenvalue weighted by atomic mass is 9.77. The van der Waals surface area contributed by atoms with Gasteiger partial charge in [-0.2, -0.15) is 0 Å². The highest BCUT2D eigenvalue weighted by atomic mass is 19.1. The smallest absolute Gasteiger partial charge is 0.441 e. The minimum absolute atomic E-state index is 0.00116. The molecule has 1 aliphatic rings. The maximum atomic E-state index is 14.4. The van der Waals surface area contributed by atoms with Gasteiger partial charge in [-0.1, -0.05) is 19.9 Å². The molecule has 1 aromatic rings. The van der Waals surface area contributed by atoms with Gasteiger partial charge in [-0.05, 0) is 31.9 Å². The van der Waals surface area contributed by atoms with Gasteiger partial charge in [-0.3, -0.25) is 4.90 Å². The van der Waals surface area contributed by atoms with Crippen LogP contribution >= 0.6 is 0 Å². The molecule has 2 rings (SSSR count). The Hall–Kier alpha value is -1.64. The second-order valence-electron chi connectivity index (χ2n) is 6.73. The Kier molecular flexibility index (Phi) is 5.52. The van der Waals surface area contributed by atoms with Gasteiger partial charge in [0, 0.05) is 5.46 Å². The summed E-state index contributed by atoms with van der Waals surface area (Å²) in [6.07, 6.45) is -1.26. The van der Waals surface area contributed by atoms with E-state index in [1.54, 1.807) is 0 Å². The van der Waals surface area contributed by atoms with Crippen LogP contribution in [0.5, 0.6) is 0 Å². The van der Waals surface area contributed by atoms with Crippen LogP contribution in [-0.4, -0.2) is 48.2 Å². The number of nitrogens with zero attached hydrogens (tertiary/aromatic N) is 1. The largest absolute Gasteiger partial charge is 0.494 e. The van der Waals surface area contributed by atoms with E-state index >= 15 is 0 Å². The van der Waals surface area contributed by atoms with Crippen molar-refractivity contribution in [2.24, 2.45) is 5.92 Å². The predicted molar refractivity (Wildman–Crippen MR) is 88.7 cm³/mol. The normalized spacial score (nSPS) is 18.2. The number of carbonyl (C=O) groups is 1. The highest BCUT2D eigenvalue weighted by molar-refractivity contribution is 6.60. The first-order valence-corrected chi connectivity index (χ1v) is 7.90. The van der Waals surface area contributed by atoms with Gasteiger partial charge >= 0.3 is 13.2 Å². The third-order valence-corrected chi connectivity index (χ3v) is 4.45. The van der Waals surface area contributed by atoms with Crippen LogP contribution in [-0.2, 0) is 9.39 Å². The molecule has 0 saturated carbocycles. The molecule has 0 bridgehead atoms. The first-order chi connectivity index (χ1) is 11.2. The molecule has 1 saturated heterocycles. The van der Waals surface area contributed by atoms with Crippen LogP contribution in [0.2, 0.25) is 0 Å². The maximum Gasteiger partial charge on any atom is 0.494 e. The molecular weight excluding hydrogens is 316 g/mol. The van der Waals surface area contributed by atoms with Gasteiger partial charge in [0.05, 0.1) is 24.4 Å². The van der Waals surface area contributed by atoms with Crippen LogP contribution in [0.3, 0.4) is 0 Å². The topological polar surface area (TPSA) is 79.2 Å². The van der Waals surface area contributed by atoms with Gasteiger partial charge in [-0.15, -0.1) is 0 Å². The number of carbonyl (C=O) groups excluding carboxylic acids is 1. The van der Waals surface area contributed by atoms with Gasteiger partial charge in [0.15, 0.2) is 0 Å². The molecule has 0 spiro atoms. The zero-order chi connectivity index (χ0) is 18.1. The summed E-state index contributed by atoms with van der Waals surface area (Å²) in [5.74, 6) is -0.552. The summed E-state index contributed by atoms with van der Waals surface area (Å²) < 4.78 is 24.9. The molecule has 0 radical (unpaired) electrons. The molecule has 1 unspecified atom stereocenters. The number of hydrogen-bond donors (Lipinski definition) is 2. The van der Waals surface area contributed by atoms with Crippen molar-refractivity contribution in [3.63, 3.8) is 0 Å². The number of rotatable bonds is 6. The van der Waals surface area contributed by atoms with Crippen LogP contribution in [0.4, 0.5) is 14.9 Å². The number of amides is 1. The van der Waals surface area contributed by atoms with Crippen molar-refractivity contribution in [1.82, 2.24) is 0 Å². The first kappa shape index (κ1) is 18.7. The van der Waals surface area contributed by atoms with E-state index in [1.807, 2.05) is 27.7 Å². The average Bonchev–Trinajstić information content (AvgIpc) is 2.87. The Morgan fingerprint density at radius 1 is 1.50 bits per heavy atom. The lowest BCUT2D eigenvalue weighted by Crippen LogP contribution is -2.45. The quantitative estimate of drug-likeness (QED) is 0.764. The summed E-state index contributed by atoms with van der Waals surface area (Å²) in [6, 6.07) is 4.03. The summed E-state index contributed by atoms with van der Waals surface area (Å²) in [6.45, 7) is 7.39. The standard InChI is InChI=1S/C16H23BFNO5/c1-10(2)16(3,4)24-17(22)13-6-5-11(7-14(13)18)19-8-12(9-20)23-15(19)21/h5-7,10,12,20,22H,8-9H2,1-4H3. The van der Waals surface area contributed by atoms with E-state index in [0.29, 0.717) is 5.69 Å². The fraction of sp³-hybridized carbons (Fsp3) is 0.562. The van der Waals surface area contributed by atoms with Crippen molar-refractivity contribution in [2.75, 3.05) is 18.1 Å². The van der Waals surface area contributed by atoms with Gasteiger partial charge in [0.1, 0.15) is 11.9 Å². The minimum Gasteiger partial charge on any atom is -0.441 e. The van der Waals surface area contributed by atoms with E-state index < -0.39 is 30.7 Å². The molecule has 1 atom stereocenters. The van der Waals surface area contributed by atoms with Crippen LogP contribution in [0.25, 0.3) is 0 Å². The van der Waals surface area contributed by atoms with Gasteiger partial charge in [-0.25, -0.2) is 9.18 Å². The molecule has 132 valence electrons. The van der Waals surface area contributed by atoms with E-state index in [0.717, 1.165) is 6.07 Å². The van der Waals surface area contributed by atoms with Gasteiger partial charge < -0.3 is 19.5 Å². The molecule has 1 fully saturated rings. The molecule has 2 N–H and O–H groups in total. The fourth-order valence-corrected chi connectivity index (χ4v) is 2.20. The average molecular weight is 339 g/mol. The molecule has 1 aliphatic heterocycles. The number of hydrogen-bond acceptors (Lipinski definition) is 5. The molecule has 1 amide bonds. The van der Waals surface area contributed by atoms with Crippen molar-refractivity contribution < 1.29 is 28.7 Å². The SMILES string of the molecule is CC(C)C(C)(C)OB(O)c1ccc(N2CC(CO)OC2=O)cc1F. The minimum atomic E-state index is -1.41. The molecule has 1 aromatic carbocycles. The maximum absolute atomic E-state index is 14.4. The number of cyclic esters (lactones) is 1. The number of aliphatic hydroxyl groups is 1. The van der Waals surface area contributed by atoms with Crippen molar-refractivity contribution in [2.45, 2.75) is 39.4 Å². The van der Waals surface area contributed by atoms with Crippen LogP contribution < -0.4 is 10.4 Å². The fourth-order valence-electron chi connectivity index (χ4n) is 2.20. The summed E-state index contributed by atoms with van der Waals surface area (Å²) >= 11 is 0. The number of aliphatic hydroxyl groups excluding tert-OH is 1. The summed E-state index contributed by atoms with van der Waals surface area (Å²) in [5, 5.41) is 19.2. The third-order valence-electron chi connectivity index (χ3n) is 4.45. The van der Waals surface area contributed by atoms with Gasteiger partial charge in [0.25, 0.3) is 0 Å². The van der Waals surface area contributed by atoms with E-state index in [4.69, 9.17) is 14.5 Å². The van der Waals surface area contributed by atoms with E-state index in [-0.39, 0.29) is 24.5 Å². The lowest BCUT2D eigenvalue weighted by molar-refractivity contribution is 0.0421. The number of halogens is 1. The van der Waals surface area contributed by atoms with E-state index in [1.165, 1.54) is 17.0 Å². The second-order valence-corrected chi connectivity index (χ2v) is 6.73. The molecule has 0 aromatic heterocycles. The van der Waals surface area contributed by atoms with Crippen molar-refractivity contribution in [1.29, 1.82) is 0 Å². The monoisotopic (exact) mass is 339 g/mol. The molecule has 24 heavy (non-hydrogen) atoms. The number of anilines is 1. The zero-order valence-electron chi connectivity index (χ0n) is 14.3. The Morgan fingerprint density at radius 3 is 2.67 bits per heavy atom. The van der Waals surface area contributed by atoms with Gasteiger partial charge in [0.2, 0.25) is 0 Å². The summed E-state index contributed by atoms with van der Waals surface area (Å²) in [4.78, 5) is 13.0. The Morgan fingerprint density at radius 2 is 2.17 bits per heavy atom. The molecular formula is C16H23BFNO5. The van der Waals surface area contributed by atoms with E-state index in [9.17, 15) is 14.2 Å². The molecule has 6 nitrogen and oxygen atoms in total. The Balaban J connectivity index is 2.17. The highest BCUT2D eigenvalue weighted by Gasteiger charge is 2.34. The van der Waals surface area contributed by atoms with Crippen LogP contribution in [0.15, 0.2) is 18.2 Å². The Bertz CT molecular complexity index is 610. The lowest BCUT2D eigenvalue weighted by Gasteiger charge is -2.31. The first-order valence-electron chi connectivity index (χ1n) is 7.90. The van der Waals surface area contributed by atoms with Crippen molar-refractivity contribution in [3.05, 3.63) is 24.0 Å². The number of benzene rings is 1. The predicted octanol–water partition coefficient (Wildman–Crippen LogP) is 1.28. The second kappa shape index (κ2) is 7.08. The number of ether oxygens (including phenoxy) is 1. The highest BCUT2D eigenvalue weighted by Crippen LogP contribution is 2.23.